The van der Waals surface area contributed by atoms with Gasteiger partial charge in [0.25, 0.3) is 0 Å². The summed E-state index contributed by atoms with van der Waals surface area (Å²) in [6, 6.07) is 8.19. The molecule has 0 spiro atoms. The lowest BCUT2D eigenvalue weighted by Crippen LogP contribution is -2.36. The number of hydrogen-bond donors (Lipinski definition) is 1. The van der Waals surface area contributed by atoms with Crippen LogP contribution < -0.4 is 10.1 Å². The second kappa shape index (κ2) is 8.00. The van der Waals surface area contributed by atoms with Crippen molar-refractivity contribution in [1.29, 1.82) is 0 Å². The molecule has 2 heteroatoms. The standard InChI is InChI=1S/C17H27NO/c1-5-14-19-16-12-7-6-10-15(16)11-8-9-13-18-17(2,3)4/h6-8,10-12,18H,5,9,13-14H2,1-4H3/b11-8+. The van der Waals surface area contributed by atoms with Crippen LogP contribution in [-0.2, 0) is 0 Å². The van der Waals surface area contributed by atoms with Gasteiger partial charge in [-0.2, -0.15) is 0 Å². The Morgan fingerprint density at radius 1 is 1.21 bits per heavy atom. The highest BCUT2D eigenvalue weighted by molar-refractivity contribution is 5.57. The molecule has 0 bridgehead atoms. The Labute approximate surface area is 117 Å². The third-order valence-electron chi connectivity index (χ3n) is 2.64. The van der Waals surface area contributed by atoms with Crippen molar-refractivity contribution < 1.29 is 4.74 Å². The number of benzene rings is 1. The van der Waals surface area contributed by atoms with Crippen LogP contribution in [-0.4, -0.2) is 18.7 Å². The largest absolute Gasteiger partial charge is 0.493 e. The summed E-state index contributed by atoms with van der Waals surface area (Å²) in [4.78, 5) is 0. The summed E-state index contributed by atoms with van der Waals surface area (Å²) in [6.45, 7) is 10.4. The van der Waals surface area contributed by atoms with Gasteiger partial charge in [-0.1, -0.05) is 37.3 Å². The van der Waals surface area contributed by atoms with Crippen molar-refractivity contribution in [3.05, 3.63) is 35.9 Å². The van der Waals surface area contributed by atoms with Crippen LogP contribution in [0.1, 0.15) is 46.1 Å². The predicted octanol–water partition coefficient (Wildman–Crippen LogP) is 4.27. The molecule has 0 aliphatic carbocycles. The molecule has 1 rings (SSSR count). The van der Waals surface area contributed by atoms with E-state index in [1.807, 2.05) is 18.2 Å². The smallest absolute Gasteiger partial charge is 0.126 e. The maximum absolute atomic E-state index is 5.73. The first-order valence-electron chi connectivity index (χ1n) is 7.16. The summed E-state index contributed by atoms with van der Waals surface area (Å²) < 4.78 is 5.73. The van der Waals surface area contributed by atoms with Gasteiger partial charge in [0.2, 0.25) is 0 Å². The number of hydrogen-bond acceptors (Lipinski definition) is 2. The second-order valence-corrected chi connectivity index (χ2v) is 5.75. The molecule has 0 aromatic heterocycles. The van der Waals surface area contributed by atoms with Crippen molar-refractivity contribution in [2.75, 3.05) is 13.2 Å². The van der Waals surface area contributed by atoms with Gasteiger partial charge in [0.1, 0.15) is 5.75 Å². The first-order valence-corrected chi connectivity index (χ1v) is 7.16. The summed E-state index contributed by atoms with van der Waals surface area (Å²) in [5.74, 6) is 0.976. The molecule has 0 radical (unpaired) electrons. The highest BCUT2D eigenvalue weighted by Crippen LogP contribution is 2.19. The molecule has 0 amide bonds. The van der Waals surface area contributed by atoms with Crippen molar-refractivity contribution in [2.45, 2.75) is 46.1 Å². The molecule has 19 heavy (non-hydrogen) atoms. The molecular formula is C17H27NO. The Bertz CT molecular complexity index is 390. The molecule has 2 nitrogen and oxygen atoms in total. The zero-order valence-electron chi connectivity index (χ0n) is 12.7. The molecule has 1 N–H and O–H groups in total. The maximum Gasteiger partial charge on any atom is 0.126 e. The van der Waals surface area contributed by atoms with Gasteiger partial charge in [0.05, 0.1) is 6.61 Å². The van der Waals surface area contributed by atoms with Crippen LogP contribution in [0.4, 0.5) is 0 Å². The molecule has 0 saturated heterocycles. The van der Waals surface area contributed by atoms with Crippen LogP contribution in [0.15, 0.2) is 30.3 Å². The van der Waals surface area contributed by atoms with Crippen molar-refractivity contribution in [3.63, 3.8) is 0 Å². The van der Waals surface area contributed by atoms with E-state index in [1.54, 1.807) is 0 Å². The first kappa shape index (κ1) is 15.8. The van der Waals surface area contributed by atoms with Crippen LogP contribution >= 0.6 is 0 Å². The summed E-state index contributed by atoms with van der Waals surface area (Å²) in [5.41, 5.74) is 1.35. The van der Waals surface area contributed by atoms with E-state index in [4.69, 9.17) is 4.74 Å². The predicted molar refractivity (Wildman–Crippen MR) is 83.6 cm³/mol. The molecule has 0 aliphatic heterocycles. The minimum atomic E-state index is 0.190. The van der Waals surface area contributed by atoms with Gasteiger partial charge in [-0.15, -0.1) is 0 Å². The Morgan fingerprint density at radius 2 is 1.95 bits per heavy atom. The van der Waals surface area contributed by atoms with Crippen molar-refractivity contribution >= 4 is 6.08 Å². The van der Waals surface area contributed by atoms with Crippen molar-refractivity contribution in [2.24, 2.45) is 0 Å². The summed E-state index contributed by atoms with van der Waals surface area (Å²) in [5, 5.41) is 3.47. The van der Waals surface area contributed by atoms with E-state index in [0.29, 0.717) is 0 Å². The van der Waals surface area contributed by atoms with Gasteiger partial charge in [-0.25, -0.2) is 0 Å². The van der Waals surface area contributed by atoms with Crippen LogP contribution in [0.2, 0.25) is 0 Å². The number of para-hydroxylation sites is 1. The topological polar surface area (TPSA) is 21.3 Å². The lowest BCUT2D eigenvalue weighted by molar-refractivity contribution is 0.317. The van der Waals surface area contributed by atoms with E-state index >= 15 is 0 Å². The van der Waals surface area contributed by atoms with Crippen LogP contribution in [0.5, 0.6) is 5.75 Å². The quantitative estimate of drug-likeness (QED) is 0.740. The molecular weight excluding hydrogens is 234 g/mol. The SMILES string of the molecule is CCCOc1ccccc1/C=C/CCNC(C)(C)C. The number of ether oxygens (including phenoxy) is 1. The van der Waals surface area contributed by atoms with Crippen LogP contribution in [0.3, 0.4) is 0 Å². The normalized spacial score (nSPS) is 12.0. The van der Waals surface area contributed by atoms with Gasteiger partial charge in [0.15, 0.2) is 0 Å². The molecule has 1 aromatic rings. The average Bonchev–Trinajstić information content (AvgIpc) is 2.36. The number of rotatable bonds is 7. The van der Waals surface area contributed by atoms with Crippen LogP contribution in [0.25, 0.3) is 6.08 Å². The molecule has 0 atom stereocenters. The molecule has 0 unspecified atom stereocenters. The molecule has 0 aliphatic rings. The Balaban J connectivity index is 2.47. The number of nitrogens with one attached hydrogen (secondary N) is 1. The van der Waals surface area contributed by atoms with Gasteiger partial charge in [0, 0.05) is 11.1 Å². The zero-order chi connectivity index (χ0) is 14.1. The van der Waals surface area contributed by atoms with E-state index in [2.05, 4.69) is 51.2 Å². The molecule has 0 saturated carbocycles. The van der Waals surface area contributed by atoms with E-state index in [1.165, 1.54) is 0 Å². The van der Waals surface area contributed by atoms with E-state index in [0.717, 1.165) is 37.3 Å². The summed E-state index contributed by atoms with van der Waals surface area (Å²) in [7, 11) is 0. The zero-order valence-corrected chi connectivity index (χ0v) is 12.7. The summed E-state index contributed by atoms with van der Waals surface area (Å²) in [6.07, 6.45) is 6.41. The van der Waals surface area contributed by atoms with Crippen molar-refractivity contribution in [3.8, 4) is 5.75 Å². The van der Waals surface area contributed by atoms with Gasteiger partial charge in [-0.3, -0.25) is 0 Å². The molecule has 1 aromatic carbocycles. The first-order chi connectivity index (χ1) is 9.03. The monoisotopic (exact) mass is 261 g/mol. The summed E-state index contributed by atoms with van der Waals surface area (Å²) >= 11 is 0. The highest BCUT2D eigenvalue weighted by Gasteiger charge is 2.06. The molecule has 0 fully saturated rings. The average molecular weight is 261 g/mol. The molecule has 106 valence electrons. The van der Waals surface area contributed by atoms with Gasteiger partial charge in [-0.05, 0) is 46.2 Å². The maximum atomic E-state index is 5.73. The third-order valence-corrected chi connectivity index (χ3v) is 2.64. The Morgan fingerprint density at radius 3 is 2.63 bits per heavy atom. The van der Waals surface area contributed by atoms with E-state index in [9.17, 15) is 0 Å². The molecule has 0 heterocycles. The lowest BCUT2D eigenvalue weighted by atomic mass is 10.1. The fourth-order valence-electron chi connectivity index (χ4n) is 1.70. The van der Waals surface area contributed by atoms with Crippen LogP contribution in [0, 0.1) is 0 Å². The Hall–Kier alpha value is -1.28. The third kappa shape index (κ3) is 7.02. The highest BCUT2D eigenvalue weighted by atomic mass is 16.5. The fraction of sp³-hybridized carbons (Fsp3) is 0.529. The second-order valence-electron chi connectivity index (χ2n) is 5.75. The van der Waals surface area contributed by atoms with Crippen molar-refractivity contribution in [1.82, 2.24) is 5.32 Å². The minimum absolute atomic E-state index is 0.190. The van der Waals surface area contributed by atoms with Gasteiger partial charge < -0.3 is 10.1 Å². The lowest BCUT2D eigenvalue weighted by Gasteiger charge is -2.19. The minimum Gasteiger partial charge on any atom is -0.493 e. The van der Waals surface area contributed by atoms with E-state index in [-0.39, 0.29) is 5.54 Å². The van der Waals surface area contributed by atoms with Gasteiger partial charge >= 0.3 is 0 Å². The van der Waals surface area contributed by atoms with E-state index < -0.39 is 0 Å². The fourth-order valence-corrected chi connectivity index (χ4v) is 1.70. The Kier molecular flexibility index (Phi) is 6.65.